The van der Waals surface area contributed by atoms with Crippen molar-refractivity contribution in [3.8, 4) is 0 Å². The smallest absolute Gasteiger partial charge is 0.347 e. The van der Waals surface area contributed by atoms with Crippen molar-refractivity contribution < 1.29 is 26.4 Å². The van der Waals surface area contributed by atoms with Crippen molar-refractivity contribution in [3.05, 3.63) is 53.9 Å². The number of rotatable bonds is 3. The number of hydrogen-bond acceptors (Lipinski definition) is 3. The SMILES string of the molecule is Cn1cccc1C(=O)N1CCN(S(=O)(=O)c2cccc(C(F)(F)F)c2)CC1. The zero-order chi connectivity index (χ0) is 19.8. The summed E-state index contributed by atoms with van der Waals surface area (Å²) in [4.78, 5) is 13.6. The fraction of sp³-hybridized carbons (Fsp3) is 0.353. The molecule has 2 aromatic rings. The van der Waals surface area contributed by atoms with Crippen molar-refractivity contribution in [2.75, 3.05) is 26.2 Å². The second-order valence-electron chi connectivity index (χ2n) is 6.23. The van der Waals surface area contributed by atoms with Gasteiger partial charge in [-0.05, 0) is 30.3 Å². The van der Waals surface area contributed by atoms with Crippen LogP contribution in [0.1, 0.15) is 16.1 Å². The van der Waals surface area contributed by atoms with Crippen molar-refractivity contribution >= 4 is 15.9 Å². The molecule has 6 nitrogen and oxygen atoms in total. The summed E-state index contributed by atoms with van der Waals surface area (Å²) in [5, 5.41) is 0. The van der Waals surface area contributed by atoms with Crippen LogP contribution in [0.5, 0.6) is 0 Å². The second kappa shape index (κ2) is 7.01. The molecule has 10 heteroatoms. The topological polar surface area (TPSA) is 62.6 Å². The normalized spacial score (nSPS) is 16.5. The monoisotopic (exact) mass is 401 g/mol. The zero-order valence-electron chi connectivity index (χ0n) is 14.5. The third kappa shape index (κ3) is 3.86. The van der Waals surface area contributed by atoms with Gasteiger partial charge in [0.05, 0.1) is 10.5 Å². The maximum Gasteiger partial charge on any atom is 0.416 e. The van der Waals surface area contributed by atoms with E-state index in [2.05, 4.69) is 0 Å². The van der Waals surface area contributed by atoms with Crippen molar-refractivity contribution in [2.45, 2.75) is 11.1 Å². The summed E-state index contributed by atoms with van der Waals surface area (Å²) < 4.78 is 66.7. The largest absolute Gasteiger partial charge is 0.416 e. The number of carbonyl (C=O) groups excluding carboxylic acids is 1. The lowest BCUT2D eigenvalue weighted by Crippen LogP contribution is -2.50. The van der Waals surface area contributed by atoms with Gasteiger partial charge >= 0.3 is 6.18 Å². The third-order valence-electron chi connectivity index (χ3n) is 4.49. The van der Waals surface area contributed by atoms with Gasteiger partial charge in [0.2, 0.25) is 10.0 Å². The predicted octanol–water partition coefficient (Wildman–Crippen LogP) is 2.19. The van der Waals surface area contributed by atoms with Crippen LogP contribution in [0.2, 0.25) is 0 Å². The number of halogens is 3. The number of benzene rings is 1. The molecule has 0 unspecified atom stereocenters. The summed E-state index contributed by atoms with van der Waals surface area (Å²) >= 11 is 0. The number of aromatic nitrogens is 1. The van der Waals surface area contributed by atoms with E-state index >= 15 is 0 Å². The van der Waals surface area contributed by atoms with Crippen molar-refractivity contribution in [1.29, 1.82) is 0 Å². The molecule has 1 saturated heterocycles. The van der Waals surface area contributed by atoms with E-state index in [-0.39, 0.29) is 32.1 Å². The molecule has 0 radical (unpaired) electrons. The summed E-state index contributed by atoms with van der Waals surface area (Å²) in [5.41, 5.74) is -0.523. The lowest BCUT2D eigenvalue weighted by atomic mass is 10.2. The van der Waals surface area contributed by atoms with Gasteiger partial charge in [0, 0.05) is 39.4 Å². The van der Waals surface area contributed by atoms with Gasteiger partial charge in [-0.3, -0.25) is 4.79 Å². The van der Waals surface area contributed by atoms with Crippen molar-refractivity contribution in [2.24, 2.45) is 7.05 Å². The van der Waals surface area contributed by atoms with E-state index in [1.807, 2.05) is 0 Å². The molecule has 0 spiro atoms. The molecule has 1 amide bonds. The minimum absolute atomic E-state index is 0.0226. The summed E-state index contributed by atoms with van der Waals surface area (Å²) in [6, 6.07) is 7.10. The van der Waals surface area contributed by atoms with Crippen LogP contribution in [0.4, 0.5) is 13.2 Å². The van der Waals surface area contributed by atoms with Crippen LogP contribution < -0.4 is 0 Å². The highest BCUT2D eigenvalue weighted by Gasteiger charge is 2.34. The van der Waals surface area contributed by atoms with Gasteiger partial charge in [-0.2, -0.15) is 17.5 Å². The first-order valence-corrected chi connectivity index (χ1v) is 9.63. The Morgan fingerprint density at radius 1 is 1.04 bits per heavy atom. The number of carbonyl (C=O) groups is 1. The van der Waals surface area contributed by atoms with Gasteiger partial charge in [-0.1, -0.05) is 6.07 Å². The second-order valence-corrected chi connectivity index (χ2v) is 8.16. The van der Waals surface area contributed by atoms with Crippen LogP contribution in [0.3, 0.4) is 0 Å². The number of alkyl halides is 3. The van der Waals surface area contributed by atoms with Gasteiger partial charge in [-0.25, -0.2) is 8.42 Å². The molecule has 0 N–H and O–H groups in total. The Labute approximate surface area is 154 Å². The molecule has 146 valence electrons. The number of sulfonamides is 1. The van der Waals surface area contributed by atoms with Gasteiger partial charge in [-0.15, -0.1) is 0 Å². The van der Waals surface area contributed by atoms with Crippen LogP contribution in [-0.2, 0) is 23.2 Å². The van der Waals surface area contributed by atoms with Gasteiger partial charge < -0.3 is 9.47 Å². The number of nitrogens with zero attached hydrogens (tertiary/aromatic N) is 3. The Morgan fingerprint density at radius 2 is 1.70 bits per heavy atom. The summed E-state index contributed by atoms with van der Waals surface area (Å²) in [7, 11) is -2.33. The average molecular weight is 401 g/mol. The highest BCUT2D eigenvalue weighted by Crippen LogP contribution is 2.31. The first-order valence-electron chi connectivity index (χ1n) is 8.19. The first-order chi connectivity index (χ1) is 12.6. The third-order valence-corrected chi connectivity index (χ3v) is 6.38. The van der Waals surface area contributed by atoms with E-state index in [4.69, 9.17) is 0 Å². The van der Waals surface area contributed by atoms with E-state index in [1.165, 1.54) is 4.90 Å². The molecule has 0 bridgehead atoms. The minimum Gasteiger partial charge on any atom is -0.347 e. The van der Waals surface area contributed by atoms with Crippen LogP contribution in [0.25, 0.3) is 0 Å². The lowest BCUT2D eigenvalue weighted by molar-refractivity contribution is -0.137. The van der Waals surface area contributed by atoms with Gasteiger partial charge in [0.25, 0.3) is 5.91 Å². The maximum atomic E-state index is 12.9. The Balaban J connectivity index is 1.74. The van der Waals surface area contributed by atoms with E-state index < -0.39 is 26.7 Å². The van der Waals surface area contributed by atoms with E-state index in [1.54, 1.807) is 29.9 Å². The Kier molecular flexibility index (Phi) is 5.04. The van der Waals surface area contributed by atoms with E-state index in [0.717, 1.165) is 22.5 Å². The molecule has 1 aliphatic rings. The van der Waals surface area contributed by atoms with Gasteiger partial charge in [0.1, 0.15) is 5.69 Å². The number of aryl methyl sites for hydroxylation is 1. The van der Waals surface area contributed by atoms with Crippen molar-refractivity contribution in [3.63, 3.8) is 0 Å². The van der Waals surface area contributed by atoms with Gasteiger partial charge in [0.15, 0.2) is 0 Å². The van der Waals surface area contributed by atoms with E-state index in [9.17, 15) is 26.4 Å². The lowest BCUT2D eigenvalue weighted by Gasteiger charge is -2.34. The first kappa shape index (κ1) is 19.4. The molecule has 1 aliphatic heterocycles. The number of piperazine rings is 1. The van der Waals surface area contributed by atoms with Crippen molar-refractivity contribution in [1.82, 2.24) is 13.8 Å². The molecule has 0 aliphatic carbocycles. The fourth-order valence-electron chi connectivity index (χ4n) is 2.96. The standard InChI is InChI=1S/C17H18F3N3O3S/c1-21-7-3-6-15(21)16(24)22-8-10-23(11-9-22)27(25,26)14-5-2-4-13(12-14)17(18,19)20/h2-7,12H,8-11H2,1H3. The summed E-state index contributed by atoms with van der Waals surface area (Å²) in [6.45, 7) is 0.383. The highest BCUT2D eigenvalue weighted by molar-refractivity contribution is 7.89. The molecule has 1 aromatic carbocycles. The Morgan fingerprint density at radius 3 is 2.26 bits per heavy atom. The Hall–Kier alpha value is -2.33. The number of hydrogen-bond donors (Lipinski definition) is 0. The Bertz CT molecular complexity index is 946. The summed E-state index contributed by atoms with van der Waals surface area (Å²) in [5.74, 6) is -0.210. The van der Waals surface area contributed by atoms with Crippen LogP contribution in [0, 0.1) is 0 Å². The van der Waals surface area contributed by atoms with E-state index in [0.29, 0.717) is 11.8 Å². The molecule has 0 atom stereocenters. The maximum absolute atomic E-state index is 12.9. The molecule has 1 fully saturated rings. The fourth-order valence-corrected chi connectivity index (χ4v) is 4.43. The number of amides is 1. The van der Waals surface area contributed by atoms with Crippen LogP contribution in [0.15, 0.2) is 47.5 Å². The molecular weight excluding hydrogens is 383 g/mol. The average Bonchev–Trinajstić information content (AvgIpc) is 3.06. The predicted molar refractivity (Wildman–Crippen MR) is 91.5 cm³/mol. The zero-order valence-corrected chi connectivity index (χ0v) is 15.3. The molecule has 0 saturated carbocycles. The summed E-state index contributed by atoms with van der Waals surface area (Å²) in [6.07, 6.45) is -2.88. The quantitative estimate of drug-likeness (QED) is 0.792. The molecular formula is C17H18F3N3O3S. The molecule has 3 rings (SSSR count). The van der Waals surface area contributed by atoms with Crippen LogP contribution >= 0.6 is 0 Å². The minimum atomic E-state index is -4.62. The molecule has 1 aromatic heterocycles. The molecule has 27 heavy (non-hydrogen) atoms. The molecule has 2 heterocycles. The van der Waals surface area contributed by atoms with Crippen LogP contribution in [-0.4, -0.2) is 54.3 Å². The highest BCUT2D eigenvalue weighted by atomic mass is 32.2.